The summed E-state index contributed by atoms with van der Waals surface area (Å²) in [5.41, 5.74) is 3.38. The predicted octanol–water partition coefficient (Wildman–Crippen LogP) is 3.18. The maximum Gasteiger partial charge on any atom is 0.113 e. The van der Waals surface area contributed by atoms with Crippen molar-refractivity contribution in [3.63, 3.8) is 0 Å². The van der Waals surface area contributed by atoms with Crippen LogP contribution in [0.25, 0.3) is 0 Å². The Kier molecular flexibility index (Phi) is 4.06. The molecule has 0 fully saturated rings. The van der Waals surface area contributed by atoms with E-state index in [0.717, 1.165) is 23.9 Å². The van der Waals surface area contributed by atoms with Crippen LogP contribution in [0.4, 0.5) is 0 Å². The molecule has 0 amide bonds. The van der Waals surface area contributed by atoms with Crippen molar-refractivity contribution in [1.29, 1.82) is 0 Å². The molecule has 2 rings (SSSR count). The topological polar surface area (TPSA) is 12.4 Å². The van der Waals surface area contributed by atoms with Gasteiger partial charge in [-0.3, -0.25) is 4.99 Å². The van der Waals surface area contributed by atoms with E-state index in [1.54, 1.807) is 0 Å². The fourth-order valence-electron chi connectivity index (χ4n) is 2.57. The minimum Gasteiger partial charge on any atom is -0.286 e. The number of aliphatic imine (C=N–C) groups is 1. The lowest BCUT2D eigenvalue weighted by Crippen LogP contribution is -2.21. The molecule has 2 radical (unpaired) electrons. The minimum absolute atomic E-state index is 0.0433. The largest absolute Gasteiger partial charge is 0.286 e. The summed E-state index contributed by atoms with van der Waals surface area (Å²) in [6.45, 7) is 4.46. The second kappa shape index (κ2) is 5.56. The van der Waals surface area contributed by atoms with Crippen molar-refractivity contribution in [1.82, 2.24) is 0 Å². The minimum atomic E-state index is 0.0433. The molecule has 1 aliphatic rings. The van der Waals surface area contributed by atoms with E-state index in [9.17, 15) is 0 Å². The van der Waals surface area contributed by atoms with Crippen LogP contribution in [-0.4, -0.2) is 19.6 Å². The van der Waals surface area contributed by atoms with Gasteiger partial charge in [0.1, 0.15) is 7.85 Å². The predicted molar refractivity (Wildman–Crippen MR) is 80.1 cm³/mol. The van der Waals surface area contributed by atoms with Gasteiger partial charge < -0.3 is 0 Å². The molecule has 0 aliphatic heterocycles. The molecule has 0 heterocycles. The van der Waals surface area contributed by atoms with Gasteiger partial charge in [-0.1, -0.05) is 41.4 Å². The van der Waals surface area contributed by atoms with Crippen LogP contribution in [0.3, 0.4) is 0 Å². The standard InChI is InChI=1S/C16H20BN/c1-13-6-3-4-9-16(2,11-13)18-12-14-7-5-8-15(17)10-14/h5-8,10,12H,3-4,9,11H2,1-2H3. The van der Waals surface area contributed by atoms with Gasteiger partial charge in [0, 0.05) is 6.21 Å². The van der Waals surface area contributed by atoms with Crippen LogP contribution in [0.2, 0.25) is 0 Å². The Balaban J connectivity index is 2.14. The number of rotatable bonds is 2. The fraction of sp³-hybridized carbons (Fsp3) is 0.438. The molecule has 0 N–H and O–H groups in total. The lowest BCUT2D eigenvalue weighted by atomic mass is 9.91. The number of hydrogen-bond acceptors (Lipinski definition) is 1. The zero-order valence-corrected chi connectivity index (χ0v) is 11.3. The Morgan fingerprint density at radius 1 is 1.39 bits per heavy atom. The molecule has 1 aliphatic carbocycles. The first-order chi connectivity index (χ1) is 8.57. The highest BCUT2D eigenvalue weighted by molar-refractivity contribution is 6.32. The first kappa shape index (κ1) is 13.1. The third kappa shape index (κ3) is 3.59. The molecule has 1 aromatic carbocycles. The monoisotopic (exact) mass is 237 g/mol. The van der Waals surface area contributed by atoms with Gasteiger partial charge >= 0.3 is 0 Å². The lowest BCUT2D eigenvalue weighted by Gasteiger charge is -2.23. The van der Waals surface area contributed by atoms with Crippen molar-refractivity contribution >= 4 is 19.5 Å². The van der Waals surface area contributed by atoms with Crippen LogP contribution >= 0.6 is 0 Å². The van der Waals surface area contributed by atoms with E-state index >= 15 is 0 Å². The Bertz CT molecular complexity index is 476. The Morgan fingerprint density at radius 3 is 3.00 bits per heavy atom. The molecule has 0 saturated carbocycles. The summed E-state index contributed by atoms with van der Waals surface area (Å²) >= 11 is 0. The maximum atomic E-state index is 5.78. The van der Waals surface area contributed by atoms with Gasteiger partial charge in [-0.2, -0.15) is 0 Å². The zero-order chi connectivity index (χ0) is 13.0. The Hall–Kier alpha value is -1.31. The van der Waals surface area contributed by atoms with Crippen molar-refractivity contribution in [2.75, 3.05) is 0 Å². The van der Waals surface area contributed by atoms with Crippen molar-refractivity contribution in [3.05, 3.63) is 41.5 Å². The quantitative estimate of drug-likeness (QED) is 0.425. The second-order valence-electron chi connectivity index (χ2n) is 5.54. The summed E-state index contributed by atoms with van der Waals surface area (Å²) in [5, 5.41) is 0. The van der Waals surface area contributed by atoms with E-state index in [-0.39, 0.29) is 5.54 Å². The van der Waals surface area contributed by atoms with Crippen LogP contribution < -0.4 is 5.46 Å². The number of allylic oxidation sites excluding steroid dienone is 1. The summed E-state index contributed by atoms with van der Waals surface area (Å²) in [4.78, 5) is 4.82. The third-order valence-electron chi connectivity index (χ3n) is 3.51. The molecule has 2 heteroatoms. The van der Waals surface area contributed by atoms with Gasteiger partial charge in [-0.25, -0.2) is 0 Å². The SMILES string of the molecule is [B]c1cccc(C=NC2(C)CCCC=C(C)C2)c1. The molecule has 18 heavy (non-hydrogen) atoms. The summed E-state index contributed by atoms with van der Waals surface area (Å²) in [6.07, 6.45) is 8.94. The first-order valence-electron chi connectivity index (χ1n) is 6.64. The molecular formula is C16H20BN. The van der Waals surface area contributed by atoms with Crippen molar-refractivity contribution in [3.8, 4) is 0 Å². The average Bonchev–Trinajstić information content (AvgIpc) is 2.49. The normalized spacial score (nSPS) is 24.9. The molecule has 0 aromatic heterocycles. The van der Waals surface area contributed by atoms with Gasteiger partial charge in [-0.05, 0) is 45.1 Å². The molecule has 0 bridgehead atoms. The molecule has 1 nitrogen and oxygen atoms in total. The highest BCUT2D eigenvalue weighted by atomic mass is 14.8. The number of benzene rings is 1. The van der Waals surface area contributed by atoms with E-state index in [1.807, 2.05) is 30.5 Å². The smallest absolute Gasteiger partial charge is 0.113 e. The molecule has 0 spiro atoms. The molecule has 1 aromatic rings. The number of hydrogen-bond donors (Lipinski definition) is 0. The van der Waals surface area contributed by atoms with Gasteiger partial charge in [0.05, 0.1) is 5.54 Å². The first-order valence-corrected chi connectivity index (χ1v) is 6.64. The van der Waals surface area contributed by atoms with E-state index in [2.05, 4.69) is 19.9 Å². The Labute approximate surface area is 111 Å². The van der Waals surface area contributed by atoms with E-state index < -0.39 is 0 Å². The summed E-state index contributed by atoms with van der Waals surface area (Å²) in [7, 11) is 5.78. The highest BCUT2D eigenvalue weighted by Gasteiger charge is 2.24. The van der Waals surface area contributed by atoms with Gasteiger partial charge in [0.2, 0.25) is 0 Å². The van der Waals surface area contributed by atoms with Crippen LogP contribution in [-0.2, 0) is 0 Å². The lowest BCUT2D eigenvalue weighted by molar-refractivity contribution is 0.432. The van der Waals surface area contributed by atoms with Crippen LogP contribution in [0.1, 0.15) is 45.1 Å². The average molecular weight is 237 g/mol. The van der Waals surface area contributed by atoms with Gasteiger partial charge in [0.15, 0.2) is 0 Å². The van der Waals surface area contributed by atoms with Gasteiger partial charge in [0.25, 0.3) is 0 Å². The van der Waals surface area contributed by atoms with Crippen molar-refractivity contribution in [2.45, 2.75) is 45.1 Å². The molecule has 0 saturated heterocycles. The van der Waals surface area contributed by atoms with Gasteiger partial charge in [-0.15, -0.1) is 0 Å². The molecular weight excluding hydrogens is 217 g/mol. The maximum absolute atomic E-state index is 5.78. The summed E-state index contributed by atoms with van der Waals surface area (Å²) in [6, 6.07) is 7.88. The van der Waals surface area contributed by atoms with Crippen molar-refractivity contribution < 1.29 is 0 Å². The van der Waals surface area contributed by atoms with Crippen LogP contribution in [0, 0.1) is 0 Å². The van der Waals surface area contributed by atoms with Crippen LogP contribution in [0.15, 0.2) is 40.9 Å². The molecule has 1 unspecified atom stereocenters. The van der Waals surface area contributed by atoms with Crippen molar-refractivity contribution in [2.24, 2.45) is 4.99 Å². The summed E-state index contributed by atoms with van der Waals surface area (Å²) in [5.74, 6) is 0. The van der Waals surface area contributed by atoms with E-state index in [0.29, 0.717) is 0 Å². The van der Waals surface area contributed by atoms with Crippen LogP contribution in [0.5, 0.6) is 0 Å². The summed E-state index contributed by atoms with van der Waals surface area (Å²) < 4.78 is 0. The van der Waals surface area contributed by atoms with E-state index in [4.69, 9.17) is 12.8 Å². The number of nitrogens with zero attached hydrogens (tertiary/aromatic N) is 1. The Morgan fingerprint density at radius 2 is 2.22 bits per heavy atom. The second-order valence-corrected chi connectivity index (χ2v) is 5.54. The third-order valence-corrected chi connectivity index (χ3v) is 3.51. The molecule has 92 valence electrons. The highest BCUT2D eigenvalue weighted by Crippen LogP contribution is 2.30. The zero-order valence-electron chi connectivity index (χ0n) is 11.3. The molecule has 1 atom stereocenters. The fourth-order valence-corrected chi connectivity index (χ4v) is 2.57. The van der Waals surface area contributed by atoms with E-state index in [1.165, 1.54) is 18.4 Å².